The van der Waals surface area contributed by atoms with Crippen molar-refractivity contribution in [2.75, 3.05) is 24.5 Å². The molecule has 4 heteroatoms. The fraction of sp³-hybridized carbons (Fsp3) is 0.455. The van der Waals surface area contributed by atoms with Gasteiger partial charge in [0.1, 0.15) is 0 Å². The smallest absolute Gasteiger partial charge is 0.0366 e. The summed E-state index contributed by atoms with van der Waals surface area (Å²) in [5.74, 6) is 0. The van der Waals surface area contributed by atoms with Crippen molar-refractivity contribution in [2.45, 2.75) is 13.3 Å². The summed E-state index contributed by atoms with van der Waals surface area (Å²) in [7, 11) is 0. The predicted molar refractivity (Wildman–Crippen MR) is 72.5 cm³/mol. The maximum atomic E-state index is 5.48. The van der Waals surface area contributed by atoms with Crippen LogP contribution >= 0.6 is 24.8 Å². The van der Waals surface area contributed by atoms with E-state index in [1.54, 1.807) is 0 Å². The topological polar surface area (TPSA) is 29.3 Å². The monoisotopic (exact) mass is 250 g/mol. The molecule has 1 aromatic rings. The van der Waals surface area contributed by atoms with Gasteiger partial charge in [-0.2, -0.15) is 0 Å². The molecule has 0 saturated heterocycles. The Bertz CT molecular complexity index is 229. The predicted octanol–water partition coefficient (Wildman–Crippen LogP) is 2.71. The average molecular weight is 251 g/mol. The van der Waals surface area contributed by atoms with Crippen LogP contribution in [-0.4, -0.2) is 19.6 Å². The van der Waals surface area contributed by atoms with Gasteiger partial charge in [-0.25, -0.2) is 0 Å². The lowest BCUT2D eigenvalue weighted by Gasteiger charge is -2.22. The molecule has 0 saturated carbocycles. The van der Waals surface area contributed by atoms with E-state index in [2.05, 4.69) is 36.1 Å². The molecule has 0 aliphatic carbocycles. The number of nitrogens with zero attached hydrogens (tertiary/aromatic N) is 1. The van der Waals surface area contributed by atoms with Crippen LogP contribution in [0, 0.1) is 0 Å². The summed E-state index contributed by atoms with van der Waals surface area (Å²) < 4.78 is 0. The molecule has 0 spiro atoms. The number of nitrogens with two attached hydrogens (primary N) is 1. The first-order valence-electron chi connectivity index (χ1n) is 4.88. The molecule has 88 valence electrons. The van der Waals surface area contributed by atoms with Gasteiger partial charge in [0.05, 0.1) is 0 Å². The van der Waals surface area contributed by atoms with E-state index in [9.17, 15) is 0 Å². The van der Waals surface area contributed by atoms with Crippen molar-refractivity contribution in [2.24, 2.45) is 5.73 Å². The van der Waals surface area contributed by atoms with E-state index in [1.165, 1.54) is 5.69 Å². The van der Waals surface area contributed by atoms with Crippen LogP contribution in [0.2, 0.25) is 0 Å². The van der Waals surface area contributed by atoms with Gasteiger partial charge in [-0.3, -0.25) is 0 Å². The van der Waals surface area contributed by atoms with Crippen LogP contribution in [0.15, 0.2) is 30.3 Å². The minimum atomic E-state index is 0. The maximum Gasteiger partial charge on any atom is 0.0366 e. The molecule has 0 radical (unpaired) electrons. The molecule has 0 aliphatic rings. The number of anilines is 1. The van der Waals surface area contributed by atoms with Crippen molar-refractivity contribution in [1.82, 2.24) is 0 Å². The third-order valence-electron chi connectivity index (χ3n) is 2.14. The molecule has 15 heavy (non-hydrogen) atoms. The van der Waals surface area contributed by atoms with Crippen LogP contribution in [0.25, 0.3) is 0 Å². The molecular formula is C11H20Cl2N2. The third kappa shape index (κ3) is 5.88. The van der Waals surface area contributed by atoms with Gasteiger partial charge < -0.3 is 10.6 Å². The van der Waals surface area contributed by atoms with Crippen LogP contribution in [-0.2, 0) is 0 Å². The molecule has 0 unspecified atom stereocenters. The van der Waals surface area contributed by atoms with Gasteiger partial charge in [-0.1, -0.05) is 18.2 Å². The fourth-order valence-corrected chi connectivity index (χ4v) is 1.39. The standard InChI is InChI=1S/C11H18N2.2ClH/c1-2-13(10-6-9-12)11-7-4-3-5-8-11;;/h3-5,7-8H,2,6,9-10,12H2,1H3;2*1H. The van der Waals surface area contributed by atoms with Gasteiger partial charge in [-0.05, 0) is 32.0 Å². The molecule has 0 amide bonds. The van der Waals surface area contributed by atoms with E-state index < -0.39 is 0 Å². The van der Waals surface area contributed by atoms with E-state index in [0.717, 1.165) is 26.1 Å². The van der Waals surface area contributed by atoms with Crippen molar-refractivity contribution >= 4 is 30.5 Å². The summed E-state index contributed by atoms with van der Waals surface area (Å²) in [5, 5.41) is 0. The summed E-state index contributed by atoms with van der Waals surface area (Å²) in [6.45, 7) is 5.04. The third-order valence-corrected chi connectivity index (χ3v) is 2.14. The van der Waals surface area contributed by atoms with E-state index in [0.29, 0.717) is 0 Å². The molecule has 0 aromatic heterocycles. The number of rotatable bonds is 5. The molecular weight excluding hydrogens is 231 g/mol. The SMILES string of the molecule is CCN(CCCN)c1ccccc1.Cl.Cl. The number of hydrogen-bond acceptors (Lipinski definition) is 2. The number of halogens is 2. The Morgan fingerprint density at radius 3 is 2.20 bits per heavy atom. The average Bonchev–Trinajstić information content (AvgIpc) is 2.21. The van der Waals surface area contributed by atoms with Gasteiger partial charge in [-0.15, -0.1) is 24.8 Å². The maximum absolute atomic E-state index is 5.48. The van der Waals surface area contributed by atoms with Gasteiger partial charge >= 0.3 is 0 Å². The van der Waals surface area contributed by atoms with Crippen LogP contribution in [0.3, 0.4) is 0 Å². The highest BCUT2D eigenvalue weighted by Gasteiger charge is 2.00. The van der Waals surface area contributed by atoms with Gasteiger partial charge in [0.25, 0.3) is 0 Å². The Labute approximate surface area is 105 Å². The Balaban J connectivity index is 0. The van der Waals surface area contributed by atoms with Crippen LogP contribution in [0.4, 0.5) is 5.69 Å². The van der Waals surface area contributed by atoms with E-state index in [4.69, 9.17) is 5.73 Å². The minimum Gasteiger partial charge on any atom is -0.372 e. The zero-order valence-electron chi connectivity index (χ0n) is 9.06. The highest BCUT2D eigenvalue weighted by molar-refractivity contribution is 5.85. The second kappa shape index (κ2) is 10.1. The molecule has 2 N–H and O–H groups in total. The summed E-state index contributed by atoms with van der Waals surface area (Å²) in [4.78, 5) is 2.34. The van der Waals surface area contributed by atoms with Crippen molar-refractivity contribution in [3.63, 3.8) is 0 Å². The zero-order valence-corrected chi connectivity index (χ0v) is 10.7. The Morgan fingerprint density at radius 2 is 1.73 bits per heavy atom. The van der Waals surface area contributed by atoms with Crippen LogP contribution in [0.1, 0.15) is 13.3 Å². The lowest BCUT2D eigenvalue weighted by atomic mass is 10.2. The molecule has 0 atom stereocenters. The summed E-state index contributed by atoms with van der Waals surface area (Å²) >= 11 is 0. The molecule has 0 heterocycles. The van der Waals surface area contributed by atoms with Gasteiger partial charge in [0.15, 0.2) is 0 Å². The highest BCUT2D eigenvalue weighted by Crippen LogP contribution is 2.12. The first-order valence-corrected chi connectivity index (χ1v) is 4.88. The molecule has 0 fully saturated rings. The Hall–Kier alpha value is -0.440. The first kappa shape index (κ1) is 17.0. The first-order chi connectivity index (χ1) is 6.38. The molecule has 1 aromatic carbocycles. The molecule has 2 nitrogen and oxygen atoms in total. The van der Waals surface area contributed by atoms with Crippen molar-refractivity contribution in [3.05, 3.63) is 30.3 Å². The highest BCUT2D eigenvalue weighted by atomic mass is 35.5. The normalized spacial score (nSPS) is 8.67. The lowest BCUT2D eigenvalue weighted by molar-refractivity contribution is 0.754. The van der Waals surface area contributed by atoms with Gasteiger partial charge in [0, 0.05) is 18.8 Å². The van der Waals surface area contributed by atoms with Crippen LogP contribution < -0.4 is 10.6 Å². The number of para-hydroxylation sites is 1. The van der Waals surface area contributed by atoms with E-state index >= 15 is 0 Å². The van der Waals surface area contributed by atoms with Crippen molar-refractivity contribution in [1.29, 1.82) is 0 Å². The summed E-state index contributed by atoms with van der Waals surface area (Å²) in [5.41, 5.74) is 6.77. The summed E-state index contributed by atoms with van der Waals surface area (Å²) in [6.07, 6.45) is 1.06. The summed E-state index contributed by atoms with van der Waals surface area (Å²) in [6, 6.07) is 10.5. The Kier molecular flexibility index (Phi) is 11.4. The molecule has 0 aliphatic heterocycles. The van der Waals surface area contributed by atoms with Crippen molar-refractivity contribution in [3.8, 4) is 0 Å². The van der Waals surface area contributed by atoms with Gasteiger partial charge in [0.2, 0.25) is 0 Å². The van der Waals surface area contributed by atoms with Crippen molar-refractivity contribution < 1.29 is 0 Å². The van der Waals surface area contributed by atoms with E-state index in [-0.39, 0.29) is 24.8 Å². The lowest BCUT2D eigenvalue weighted by Crippen LogP contribution is -2.25. The Morgan fingerprint density at radius 1 is 1.13 bits per heavy atom. The van der Waals surface area contributed by atoms with E-state index in [1.807, 2.05) is 6.07 Å². The second-order valence-electron chi connectivity index (χ2n) is 3.06. The second-order valence-corrected chi connectivity index (χ2v) is 3.06. The van der Waals surface area contributed by atoms with Crippen LogP contribution in [0.5, 0.6) is 0 Å². The number of benzene rings is 1. The zero-order chi connectivity index (χ0) is 9.52. The number of hydrogen-bond donors (Lipinski definition) is 1. The molecule has 0 bridgehead atoms. The molecule has 1 rings (SSSR count). The minimum absolute atomic E-state index is 0. The largest absolute Gasteiger partial charge is 0.372 e. The quantitative estimate of drug-likeness (QED) is 0.871. The fourth-order valence-electron chi connectivity index (χ4n) is 1.39.